The Balaban J connectivity index is 2.00. The van der Waals surface area contributed by atoms with Crippen LogP contribution in [0.1, 0.15) is 38.5 Å². The molecule has 0 aliphatic carbocycles. The molecule has 0 aromatic rings. The van der Waals surface area contributed by atoms with Crippen molar-refractivity contribution in [3.63, 3.8) is 0 Å². The first-order valence-corrected chi connectivity index (χ1v) is 5.96. The van der Waals surface area contributed by atoms with E-state index in [-0.39, 0.29) is 6.04 Å². The third-order valence-electron chi connectivity index (χ3n) is 3.30. The maximum Gasteiger partial charge on any atom is 0.119 e. The molecule has 0 aromatic heterocycles. The van der Waals surface area contributed by atoms with Gasteiger partial charge in [0.15, 0.2) is 0 Å². The van der Waals surface area contributed by atoms with E-state index in [0.717, 1.165) is 45.2 Å². The van der Waals surface area contributed by atoms with Crippen molar-refractivity contribution in [2.24, 2.45) is 0 Å². The smallest absolute Gasteiger partial charge is 0.119 e. The van der Waals surface area contributed by atoms with Gasteiger partial charge >= 0.3 is 0 Å². The largest absolute Gasteiger partial charge is 0.318 e. The lowest BCUT2D eigenvalue weighted by molar-refractivity contribution is 0.539. The predicted octanol–water partition coefficient (Wildman–Crippen LogP) is 1.57. The van der Waals surface area contributed by atoms with Gasteiger partial charge in [0.25, 0.3) is 0 Å². The van der Waals surface area contributed by atoms with E-state index in [1.165, 1.54) is 6.42 Å². The quantitative estimate of drug-likeness (QED) is 0.452. The van der Waals surface area contributed by atoms with Crippen LogP contribution in [0.15, 0.2) is 0 Å². The van der Waals surface area contributed by atoms with Gasteiger partial charge in [0.05, 0.1) is 6.04 Å². The highest BCUT2D eigenvalue weighted by Crippen LogP contribution is 2.15. The zero-order valence-electron chi connectivity index (χ0n) is 9.18. The first-order valence-electron chi connectivity index (χ1n) is 5.96. The summed E-state index contributed by atoms with van der Waals surface area (Å²) in [5.74, 6) is 1.27. The standard InChI is InChI=1S/C11H20N4/c12-10-6-2-1-3-8-15(10)11(13)9-5-4-7-14-9/h9,12-14H,1-8H2. The fraction of sp³-hybridized carbons (Fsp3) is 0.818. The minimum absolute atomic E-state index is 0.198. The summed E-state index contributed by atoms with van der Waals surface area (Å²) in [6, 6.07) is 0.198. The van der Waals surface area contributed by atoms with Crippen molar-refractivity contribution in [2.45, 2.75) is 44.6 Å². The van der Waals surface area contributed by atoms with Crippen LogP contribution in [0.25, 0.3) is 0 Å². The van der Waals surface area contributed by atoms with Crippen LogP contribution < -0.4 is 5.32 Å². The van der Waals surface area contributed by atoms with E-state index in [9.17, 15) is 0 Å². The first-order chi connectivity index (χ1) is 7.29. The molecule has 2 fully saturated rings. The molecule has 0 aromatic carbocycles. The number of rotatable bonds is 1. The van der Waals surface area contributed by atoms with Gasteiger partial charge in [-0.15, -0.1) is 0 Å². The Morgan fingerprint density at radius 3 is 2.87 bits per heavy atom. The Morgan fingerprint density at radius 2 is 2.13 bits per heavy atom. The number of hydrogen-bond donors (Lipinski definition) is 3. The van der Waals surface area contributed by atoms with Gasteiger partial charge in [-0.05, 0) is 32.2 Å². The summed E-state index contributed by atoms with van der Waals surface area (Å²) in [5.41, 5.74) is 0. The van der Waals surface area contributed by atoms with Crippen molar-refractivity contribution in [1.82, 2.24) is 10.2 Å². The summed E-state index contributed by atoms with van der Waals surface area (Å²) in [4.78, 5) is 1.91. The molecule has 4 nitrogen and oxygen atoms in total. The molecule has 0 amide bonds. The molecular weight excluding hydrogens is 188 g/mol. The number of nitrogens with zero attached hydrogens (tertiary/aromatic N) is 1. The van der Waals surface area contributed by atoms with Gasteiger partial charge in [-0.1, -0.05) is 6.42 Å². The predicted molar refractivity (Wildman–Crippen MR) is 61.7 cm³/mol. The maximum absolute atomic E-state index is 8.13. The maximum atomic E-state index is 8.13. The normalized spacial score (nSPS) is 27.9. The van der Waals surface area contributed by atoms with Crippen LogP contribution in [0.3, 0.4) is 0 Å². The van der Waals surface area contributed by atoms with E-state index in [4.69, 9.17) is 10.8 Å². The van der Waals surface area contributed by atoms with Crippen LogP contribution in [0.4, 0.5) is 0 Å². The molecule has 2 aliphatic rings. The van der Waals surface area contributed by atoms with Gasteiger partial charge in [0.1, 0.15) is 11.7 Å². The molecule has 2 aliphatic heterocycles. The summed E-state index contributed by atoms with van der Waals surface area (Å²) >= 11 is 0. The highest BCUT2D eigenvalue weighted by molar-refractivity contribution is 6.00. The van der Waals surface area contributed by atoms with Gasteiger partial charge in [0, 0.05) is 13.0 Å². The molecule has 2 heterocycles. The van der Waals surface area contributed by atoms with Gasteiger partial charge < -0.3 is 10.2 Å². The van der Waals surface area contributed by atoms with Crippen LogP contribution in [-0.4, -0.2) is 35.7 Å². The Morgan fingerprint density at radius 1 is 1.27 bits per heavy atom. The second kappa shape index (κ2) is 4.75. The molecule has 0 bridgehead atoms. The fourth-order valence-electron chi connectivity index (χ4n) is 2.38. The van der Waals surface area contributed by atoms with Gasteiger partial charge in [-0.3, -0.25) is 10.8 Å². The third-order valence-corrected chi connectivity index (χ3v) is 3.30. The average molecular weight is 208 g/mol. The monoisotopic (exact) mass is 208 g/mol. The first kappa shape index (κ1) is 10.6. The van der Waals surface area contributed by atoms with E-state index in [2.05, 4.69) is 5.32 Å². The Labute approximate surface area is 91.1 Å². The van der Waals surface area contributed by atoms with E-state index < -0.39 is 0 Å². The lowest BCUT2D eigenvalue weighted by atomic mass is 10.2. The summed E-state index contributed by atoms with van der Waals surface area (Å²) in [6.07, 6.45) is 6.49. The van der Waals surface area contributed by atoms with Crippen molar-refractivity contribution in [3.8, 4) is 0 Å². The second-order valence-corrected chi connectivity index (χ2v) is 4.44. The summed E-state index contributed by atoms with van der Waals surface area (Å²) in [5, 5.41) is 19.4. The molecule has 84 valence electrons. The van der Waals surface area contributed by atoms with Crippen LogP contribution in [0.2, 0.25) is 0 Å². The zero-order chi connectivity index (χ0) is 10.7. The molecular formula is C11H20N4. The molecule has 0 saturated carbocycles. The number of hydrogen-bond acceptors (Lipinski definition) is 3. The second-order valence-electron chi connectivity index (χ2n) is 4.44. The van der Waals surface area contributed by atoms with Gasteiger partial charge in [-0.25, -0.2) is 0 Å². The molecule has 1 unspecified atom stereocenters. The van der Waals surface area contributed by atoms with E-state index >= 15 is 0 Å². The third kappa shape index (κ3) is 2.37. The minimum Gasteiger partial charge on any atom is -0.318 e. The average Bonchev–Trinajstić information content (AvgIpc) is 2.68. The highest BCUT2D eigenvalue weighted by Gasteiger charge is 2.26. The van der Waals surface area contributed by atoms with Crippen LogP contribution in [0, 0.1) is 10.8 Å². The molecule has 15 heavy (non-hydrogen) atoms. The summed E-state index contributed by atoms with van der Waals surface area (Å²) in [6.45, 7) is 1.89. The number of amidine groups is 2. The summed E-state index contributed by atoms with van der Waals surface area (Å²) < 4.78 is 0. The van der Waals surface area contributed by atoms with Crippen LogP contribution >= 0.6 is 0 Å². The topological polar surface area (TPSA) is 63.0 Å². The molecule has 3 N–H and O–H groups in total. The Hall–Kier alpha value is -0.900. The van der Waals surface area contributed by atoms with E-state index in [1.807, 2.05) is 4.90 Å². The number of nitrogens with one attached hydrogen (secondary N) is 3. The van der Waals surface area contributed by atoms with Crippen LogP contribution in [-0.2, 0) is 0 Å². The van der Waals surface area contributed by atoms with E-state index in [1.54, 1.807) is 0 Å². The SMILES string of the molecule is N=C1CCCCCN1C(=N)C1CCCN1. The minimum atomic E-state index is 0.198. The zero-order valence-corrected chi connectivity index (χ0v) is 9.18. The van der Waals surface area contributed by atoms with Crippen molar-refractivity contribution in [3.05, 3.63) is 0 Å². The van der Waals surface area contributed by atoms with Crippen LogP contribution in [0.5, 0.6) is 0 Å². The molecule has 0 spiro atoms. The molecule has 2 rings (SSSR count). The lowest BCUT2D eigenvalue weighted by Gasteiger charge is -2.27. The molecule has 0 radical (unpaired) electrons. The molecule has 4 heteroatoms. The summed E-state index contributed by atoms with van der Waals surface area (Å²) in [7, 11) is 0. The molecule has 1 atom stereocenters. The van der Waals surface area contributed by atoms with Gasteiger partial charge in [-0.2, -0.15) is 0 Å². The van der Waals surface area contributed by atoms with Gasteiger partial charge in [0.2, 0.25) is 0 Å². The lowest BCUT2D eigenvalue weighted by Crippen LogP contribution is -2.45. The highest BCUT2D eigenvalue weighted by atomic mass is 15.2. The van der Waals surface area contributed by atoms with Crippen molar-refractivity contribution >= 4 is 11.7 Å². The Kier molecular flexibility index (Phi) is 3.36. The fourth-order valence-corrected chi connectivity index (χ4v) is 2.38. The van der Waals surface area contributed by atoms with Crippen molar-refractivity contribution in [2.75, 3.05) is 13.1 Å². The number of likely N-dealkylation sites (tertiary alicyclic amines) is 1. The Bertz CT molecular complexity index is 255. The molecule has 2 saturated heterocycles. The van der Waals surface area contributed by atoms with Crippen molar-refractivity contribution in [1.29, 1.82) is 10.8 Å². The van der Waals surface area contributed by atoms with E-state index in [0.29, 0.717) is 11.7 Å². The van der Waals surface area contributed by atoms with Crippen molar-refractivity contribution < 1.29 is 0 Å².